The van der Waals surface area contributed by atoms with Crippen molar-refractivity contribution in [1.82, 2.24) is 19.5 Å². The van der Waals surface area contributed by atoms with Crippen molar-refractivity contribution in [1.29, 1.82) is 0 Å². The quantitative estimate of drug-likeness (QED) is 0.712. The summed E-state index contributed by atoms with van der Waals surface area (Å²) in [7, 11) is -0.923. The molecule has 0 radical (unpaired) electrons. The van der Waals surface area contributed by atoms with Crippen molar-refractivity contribution in [2.75, 3.05) is 7.11 Å². The van der Waals surface area contributed by atoms with Crippen LogP contribution in [0.3, 0.4) is 0 Å². The molecule has 0 saturated carbocycles. The number of ether oxygens (including phenoxy) is 1. The standard InChI is InChI=1S/C17H17FN4O3S/c1-22-14(9-15(21-22)12-4-3-7-19-10-12)11-20-26(23,24)17-8-13(18)5-6-16(17)25-2/h3-10,20H,11H2,1-2H3. The van der Waals surface area contributed by atoms with Gasteiger partial charge in [-0.15, -0.1) is 0 Å². The zero-order valence-electron chi connectivity index (χ0n) is 14.2. The number of hydrogen-bond donors (Lipinski definition) is 1. The molecular formula is C17H17FN4O3S. The van der Waals surface area contributed by atoms with Crippen LogP contribution in [0.1, 0.15) is 5.69 Å². The van der Waals surface area contributed by atoms with Crippen molar-refractivity contribution in [2.45, 2.75) is 11.4 Å². The first kappa shape index (κ1) is 18.0. The summed E-state index contributed by atoms with van der Waals surface area (Å²) in [4.78, 5) is 3.79. The lowest BCUT2D eigenvalue weighted by atomic mass is 10.2. The Kier molecular flexibility index (Phi) is 5.01. The third-order valence-electron chi connectivity index (χ3n) is 3.79. The molecule has 0 saturated heterocycles. The third kappa shape index (κ3) is 3.73. The van der Waals surface area contributed by atoms with Crippen LogP contribution >= 0.6 is 0 Å². The molecule has 0 aliphatic carbocycles. The van der Waals surface area contributed by atoms with Crippen LogP contribution in [0.4, 0.5) is 4.39 Å². The first-order chi connectivity index (χ1) is 12.4. The molecule has 2 heterocycles. The van der Waals surface area contributed by atoms with E-state index in [2.05, 4.69) is 14.8 Å². The van der Waals surface area contributed by atoms with Crippen molar-refractivity contribution in [3.63, 3.8) is 0 Å². The summed E-state index contributed by atoms with van der Waals surface area (Å²) >= 11 is 0. The van der Waals surface area contributed by atoms with Crippen molar-refractivity contribution in [3.05, 3.63) is 60.3 Å². The average Bonchev–Trinajstić information content (AvgIpc) is 3.02. The topological polar surface area (TPSA) is 86.1 Å². The molecule has 0 aliphatic heterocycles. The molecule has 136 valence electrons. The fourth-order valence-corrected chi connectivity index (χ4v) is 3.61. The van der Waals surface area contributed by atoms with Gasteiger partial charge in [0.15, 0.2) is 0 Å². The van der Waals surface area contributed by atoms with E-state index in [1.165, 1.54) is 13.2 Å². The second kappa shape index (κ2) is 7.22. The smallest absolute Gasteiger partial charge is 0.244 e. The van der Waals surface area contributed by atoms with Crippen molar-refractivity contribution in [2.24, 2.45) is 7.05 Å². The SMILES string of the molecule is COc1ccc(F)cc1S(=O)(=O)NCc1cc(-c2cccnc2)nn1C. The number of nitrogens with one attached hydrogen (secondary N) is 1. The first-order valence-corrected chi connectivity index (χ1v) is 9.15. The van der Waals surface area contributed by atoms with Crippen LogP contribution in [-0.2, 0) is 23.6 Å². The first-order valence-electron chi connectivity index (χ1n) is 7.67. The lowest BCUT2D eigenvalue weighted by Gasteiger charge is -2.10. The van der Waals surface area contributed by atoms with Crippen molar-refractivity contribution in [3.8, 4) is 17.0 Å². The summed E-state index contributed by atoms with van der Waals surface area (Å²) in [6, 6.07) is 8.75. The lowest BCUT2D eigenvalue weighted by Crippen LogP contribution is -2.25. The summed E-state index contributed by atoms with van der Waals surface area (Å²) in [6.07, 6.45) is 3.34. The normalized spacial score (nSPS) is 11.5. The summed E-state index contributed by atoms with van der Waals surface area (Å²) in [5.41, 5.74) is 2.14. The molecule has 1 aromatic carbocycles. The Morgan fingerprint density at radius 1 is 1.27 bits per heavy atom. The molecule has 1 N–H and O–H groups in total. The summed E-state index contributed by atoms with van der Waals surface area (Å²) < 4.78 is 47.6. The number of aryl methyl sites for hydroxylation is 1. The van der Waals surface area contributed by atoms with Gasteiger partial charge in [0.2, 0.25) is 10.0 Å². The fraction of sp³-hybridized carbons (Fsp3) is 0.176. The number of benzene rings is 1. The van der Waals surface area contributed by atoms with Gasteiger partial charge in [0.25, 0.3) is 0 Å². The number of sulfonamides is 1. The number of aromatic nitrogens is 3. The zero-order valence-corrected chi connectivity index (χ0v) is 15.0. The van der Waals surface area contributed by atoms with E-state index in [9.17, 15) is 12.8 Å². The molecule has 7 nitrogen and oxygen atoms in total. The van der Waals surface area contributed by atoms with Gasteiger partial charge < -0.3 is 4.74 Å². The Balaban J connectivity index is 1.83. The highest BCUT2D eigenvalue weighted by Gasteiger charge is 2.21. The van der Waals surface area contributed by atoms with Crippen LogP contribution in [0.15, 0.2) is 53.7 Å². The van der Waals surface area contributed by atoms with Crippen molar-refractivity contribution < 1.29 is 17.5 Å². The highest BCUT2D eigenvalue weighted by atomic mass is 32.2. The Bertz CT molecular complexity index is 1020. The molecule has 9 heteroatoms. The highest BCUT2D eigenvalue weighted by molar-refractivity contribution is 7.89. The maximum atomic E-state index is 13.5. The minimum Gasteiger partial charge on any atom is -0.495 e. The van der Waals surface area contributed by atoms with E-state index in [1.807, 2.05) is 6.07 Å². The molecule has 2 aromatic heterocycles. The summed E-state index contributed by atoms with van der Waals surface area (Å²) in [6.45, 7) is -0.00817. The molecule has 26 heavy (non-hydrogen) atoms. The maximum Gasteiger partial charge on any atom is 0.244 e. The lowest BCUT2D eigenvalue weighted by molar-refractivity contribution is 0.400. The van der Waals surface area contributed by atoms with E-state index in [-0.39, 0.29) is 17.2 Å². The minimum absolute atomic E-state index is 0.00817. The Labute approximate surface area is 150 Å². The monoisotopic (exact) mass is 376 g/mol. The molecule has 0 amide bonds. The number of hydrogen-bond acceptors (Lipinski definition) is 5. The van der Waals surface area contributed by atoms with Gasteiger partial charge in [-0.3, -0.25) is 9.67 Å². The second-order valence-electron chi connectivity index (χ2n) is 5.51. The Morgan fingerprint density at radius 3 is 2.77 bits per heavy atom. The van der Waals surface area contributed by atoms with Crippen molar-refractivity contribution >= 4 is 10.0 Å². The number of halogens is 1. The zero-order chi connectivity index (χ0) is 18.7. The largest absolute Gasteiger partial charge is 0.495 e. The van der Waals surface area contributed by atoms with Gasteiger partial charge in [-0.05, 0) is 36.4 Å². The maximum absolute atomic E-state index is 13.5. The third-order valence-corrected chi connectivity index (χ3v) is 5.21. The number of nitrogens with zero attached hydrogens (tertiary/aromatic N) is 3. The Morgan fingerprint density at radius 2 is 2.08 bits per heavy atom. The highest BCUT2D eigenvalue weighted by Crippen LogP contribution is 2.24. The van der Waals surface area contributed by atoms with Gasteiger partial charge >= 0.3 is 0 Å². The van der Waals surface area contributed by atoms with Crippen LogP contribution < -0.4 is 9.46 Å². The van der Waals surface area contributed by atoms with E-state index < -0.39 is 15.8 Å². The molecule has 0 unspecified atom stereocenters. The van der Waals surface area contributed by atoms with Gasteiger partial charge in [0.05, 0.1) is 25.0 Å². The van der Waals surface area contributed by atoms with E-state index in [0.717, 1.165) is 17.7 Å². The van der Waals surface area contributed by atoms with Gasteiger partial charge in [-0.1, -0.05) is 0 Å². The molecular weight excluding hydrogens is 359 g/mol. The number of pyridine rings is 1. The summed E-state index contributed by atoms with van der Waals surface area (Å²) in [5.74, 6) is -0.592. The van der Waals surface area contributed by atoms with E-state index in [4.69, 9.17) is 4.74 Å². The van der Waals surface area contributed by atoms with E-state index >= 15 is 0 Å². The molecule has 3 rings (SSSR count). The molecule has 0 fully saturated rings. The van der Waals surface area contributed by atoms with Gasteiger partial charge in [-0.2, -0.15) is 5.10 Å². The molecule has 0 bridgehead atoms. The fourth-order valence-electron chi connectivity index (χ4n) is 2.43. The summed E-state index contributed by atoms with van der Waals surface area (Å²) in [5, 5.41) is 4.36. The molecule has 3 aromatic rings. The predicted octanol–water partition coefficient (Wildman–Crippen LogP) is 2.11. The number of methoxy groups -OCH3 is 1. The number of rotatable bonds is 6. The van der Waals surface area contributed by atoms with Crippen LogP contribution in [-0.4, -0.2) is 30.3 Å². The predicted molar refractivity (Wildman–Crippen MR) is 93.4 cm³/mol. The van der Waals surface area contributed by atoms with Gasteiger partial charge in [0, 0.05) is 25.0 Å². The van der Waals surface area contributed by atoms with Crippen LogP contribution in [0.25, 0.3) is 11.3 Å². The molecule has 0 atom stereocenters. The second-order valence-corrected chi connectivity index (χ2v) is 7.24. The van der Waals surface area contributed by atoms with E-state index in [1.54, 1.807) is 36.3 Å². The molecule has 0 aliphatic rings. The average molecular weight is 376 g/mol. The van der Waals surface area contributed by atoms with Gasteiger partial charge in [0.1, 0.15) is 16.5 Å². The molecule has 0 spiro atoms. The van der Waals surface area contributed by atoms with Gasteiger partial charge in [-0.25, -0.2) is 17.5 Å². The van der Waals surface area contributed by atoms with E-state index in [0.29, 0.717) is 11.4 Å². The van der Waals surface area contributed by atoms with Crippen LogP contribution in [0.2, 0.25) is 0 Å². The Hall–Kier alpha value is -2.78. The van der Waals surface area contributed by atoms with Crippen LogP contribution in [0, 0.1) is 5.82 Å². The van der Waals surface area contributed by atoms with Crippen LogP contribution in [0.5, 0.6) is 5.75 Å². The minimum atomic E-state index is -3.96.